The van der Waals surface area contributed by atoms with E-state index >= 15 is 0 Å². The van der Waals surface area contributed by atoms with Crippen LogP contribution in [-0.2, 0) is 7.05 Å². The van der Waals surface area contributed by atoms with Crippen molar-refractivity contribution in [3.63, 3.8) is 0 Å². The maximum Gasteiger partial charge on any atom is 0.209 e. The van der Waals surface area contributed by atoms with Gasteiger partial charge in [0.2, 0.25) is 5.16 Å². The van der Waals surface area contributed by atoms with E-state index in [4.69, 9.17) is 0 Å². The average molecular weight is 227 g/mol. The molecule has 1 saturated carbocycles. The first-order valence-corrected chi connectivity index (χ1v) is 6.38. The predicted molar refractivity (Wildman–Crippen MR) is 59.7 cm³/mol. The van der Waals surface area contributed by atoms with Crippen molar-refractivity contribution in [1.82, 2.24) is 25.5 Å². The summed E-state index contributed by atoms with van der Waals surface area (Å²) in [4.78, 5) is 0. The van der Waals surface area contributed by atoms with Crippen molar-refractivity contribution in [2.75, 3.05) is 12.3 Å². The number of aryl methyl sites for hydroxylation is 1. The highest BCUT2D eigenvalue weighted by atomic mass is 32.2. The molecular weight excluding hydrogens is 210 g/mol. The lowest BCUT2D eigenvalue weighted by molar-refractivity contribution is 0.518. The third kappa shape index (κ3) is 2.92. The topological polar surface area (TPSA) is 55.6 Å². The van der Waals surface area contributed by atoms with Gasteiger partial charge < -0.3 is 5.32 Å². The van der Waals surface area contributed by atoms with Crippen molar-refractivity contribution in [3.8, 4) is 0 Å². The Morgan fingerprint density at radius 2 is 2.40 bits per heavy atom. The van der Waals surface area contributed by atoms with E-state index < -0.39 is 0 Å². The van der Waals surface area contributed by atoms with Gasteiger partial charge in [0, 0.05) is 18.8 Å². The zero-order chi connectivity index (χ0) is 10.7. The summed E-state index contributed by atoms with van der Waals surface area (Å²) in [7, 11) is 1.88. The molecule has 0 saturated heterocycles. The van der Waals surface area contributed by atoms with Gasteiger partial charge in [-0.05, 0) is 35.7 Å². The van der Waals surface area contributed by atoms with Crippen molar-refractivity contribution >= 4 is 11.8 Å². The van der Waals surface area contributed by atoms with Gasteiger partial charge in [-0.15, -0.1) is 5.10 Å². The highest BCUT2D eigenvalue weighted by Crippen LogP contribution is 2.34. The molecule has 1 atom stereocenters. The van der Waals surface area contributed by atoms with Crippen molar-refractivity contribution in [3.05, 3.63) is 0 Å². The first-order valence-electron chi connectivity index (χ1n) is 5.39. The Kier molecular flexibility index (Phi) is 3.58. The van der Waals surface area contributed by atoms with Gasteiger partial charge in [0.15, 0.2) is 0 Å². The summed E-state index contributed by atoms with van der Waals surface area (Å²) in [6, 6.07) is 0.622. The van der Waals surface area contributed by atoms with Gasteiger partial charge in [-0.1, -0.05) is 18.7 Å². The number of thioether (sulfide) groups is 1. The summed E-state index contributed by atoms with van der Waals surface area (Å²) in [5.74, 6) is 1.94. The summed E-state index contributed by atoms with van der Waals surface area (Å²) in [5, 5.41) is 15.8. The van der Waals surface area contributed by atoms with Crippen LogP contribution >= 0.6 is 11.8 Å². The number of nitrogens with one attached hydrogen (secondary N) is 1. The van der Waals surface area contributed by atoms with Crippen LogP contribution in [0.15, 0.2) is 5.16 Å². The Morgan fingerprint density at radius 3 is 2.93 bits per heavy atom. The van der Waals surface area contributed by atoms with Crippen molar-refractivity contribution < 1.29 is 0 Å². The number of nitrogens with zero attached hydrogens (tertiary/aromatic N) is 4. The molecule has 0 bridgehead atoms. The Hall–Kier alpha value is -0.620. The number of hydrogen-bond acceptors (Lipinski definition) is 5. The largest absolute Gasteiger partial charge is 0.313 e. The van der Waals surface area contributed by atoms with E-state index in [2.05, 4.69) is 27.8 Å². The predicted octanol–water partition coefficient (Wildman–Crippen LogP) is 0.690. The molecule has 1 aliphatic rings. The minimum atomic E-state index is 0.622. The molecule has 6 heteroatoms. The number of hydrogen-bond donors (Lipinski definition) is 1. The van der Waals surface area contributed by atoms with Crippen molar-refractivity contribution in [2.24, 2.45) is 13.0 Å². The van der Waals surface area contributed by atoms with E-state index in [-0.39, 0.29) is 0 Å². The van der Waals surface area contributed by atoms with Crippen LogP contribution in [0, 0.1) is 5.92 Å². The summed E-state index contributed by atoms with van der Waals surface area (Å²) in [5.41, 5.74) is 0. The van der Waals surface area contributed by atoms with Crippen LogP contribution in [0.2, 0.25) is 0 Å². The molecule has 5 nitrogen and oxygen atoms in total. The van der Waals surface area contributed by atoms with Gasteiger partial charge in [0.25, 0.3) is 0 Å². The second-order valence-electron chi connectivity index (χ2n) is 3.90. The fraction of sp³-hybridized carbons (Fsp3) is 0.889. The molecule has 1 heterocycles. The lowest BCUT2D eigenvalue weighted by Gasteiger charge is -2.15. The smallest absolute Gasteiger partial charge is 0.209 e. The van der Waals surface area contributed by atoms with Crippen molar-refractivity contribution in [2.45, 2.75) is 31.0 Å². The van der Waals surface area contributed by atoms with E-state index in [1.165, 1.54) is 12.8 Å². The molecule has 0 amide bonds. The zero-order valence-electron chi connectivity index (χ0n) is 9.18. The molecule has 1 N–H and O–H groups in total. The SMILES string of the molecule is CCNC(CSc1nnnn1C)C1CC1. The molecule has 1 aromatic rings. The summed E-state index contributed by atoms with van der Waals surface area (Å²) in [6.45, 7) is 3.20. The molecule has 0 spiro atoms. The van der Waals surface area contributed by atoms with Crippen LogP contribution in [-0.4, -0.2) is 38.5 Å². The van der Waals surface area contributed by atoms with Gasteiger partial charge in [0.1, 0.15) is 0 Å². The molecule has 0 radical (unpaired) electrons. The molecule has 0 aromatic carbocycles. The average Bonchev–Trinajstić information content (AvgIpc) is 2.98. The maximum atomic E-state index is 3.96. The van der Waals surface area contributed by atoms with Crippen LogP contribution in [0.5, 0.6) is 0 Å². The Labute approximate surface area is 94.0 Å². The first kappa shape index (κ1) is 10.9. The van der Waals surface area contributed by atoms with Crippen LogP contribution < -0.4 is 5.32 Å². The molecule has 0 aliphatic heterocycles. The highest BCUT2D eigenvalue weighted by Gasteiger charge is 2.30. The quantitative estimate of drug-likeness (QED) is 0.725. The molecule has 1 unspecified atom stereocenters. The monoisotopic (exact) mass is 227 g/mol. The van der Waals surface area contributed by atoms with Gasteiger partial charge in [-0.3, -0.25) is 0 Å². The molecule has 84 valence electrons. The highest BCUT2D eigenvalue weighted by molar-refractivity contribution is 7.99. The van der Waals surface area contributed by atoms with E-state index in [0.29, 0.717) is 6.04 Å². The maximum absolute atomic E-state index is 3.96. The molecule has 2 rings (SSSR count). The van der Waals surface area contributed by atoms with E-state index in [1.54, 1.807) is 16.4 Å². The number of rotatable bonds is 6. The fourth-order valence-corrected chi connectivity index (χ4v) is 2.67. The van der Waals surface area contributed by atoms with E-state index in [9.17, 15) is 0 Å². The van der Waals surface area contributed by atoms with Crippen LogP contribution in [0.1, 0.15) is 19.8 Å². The fourth-order valence-electron chi connectivity index (χ4n) is 1.63. The van der Waals surface area contributed by atoms with Gasteiger partial charge in [-0.2, -0.15) is 0 Å². The first-order chi connectivity index (χ1) is 7.31. The van der Waals surface area contributed by atoms with Crippen LogP contribution in [0.3, 0.4) is 0 Å². The van der Waals surface area contributed by atoms with E-state index in [0.717, 1.165) is 23.4 Å². The molecule has 15 heavy (non-hydrogen) atoms. The summed E-state index contributed by atoms with van der Waals surface area (Å²) >= 11 is 1.73. The Bertz CT molecular complexity index is 309. The molecule has 1 fully saturated rings. The normalized spacial score (nSPS) is 18.0. The second-order valence-corrected chi connectivity index (χ2v) is 4.88. The molecule has 1 aliphatic carbocycles. The van der Waals surface area contributed by atoms with Gasteiger partial charge in [0.05, 0.1) is 0 Å². The standard InChI is InChI=1S/C9H17N5S/c1-3-10-8(7-4-5-7)6-15-9-11-12-13-14(9)2/h7-8,10H,3-6H2,1-2H3. The minimum Gasteiger partial charge on any atom is -0.313 e. The van der Waals surface area contributed by atoms with Crippen LogP contribution in [0.4, 0.5) is 0 Å². The Morgan fingerprint density at radius 1 is 1.60 bits per heavy atom. The summed E-state index contributed by atoms with van der Waals surface area (Å²) in [6.07, 6.45) is 2.74. The third-order valence-electron chi connectivity index (χ3n) is 2.63. The second kappa shape index (κ2) is 4.94. The lowest BCUT2D eigenvalue weighted by atomic mass is 10.2. The Balaban J connectivity index is 1.82. The number of aromatic nitrogens is 4. The van der Waals surface area contributed by atoms with Crippen LogP contribution in [0.25, 0.3) is 0 Å². The minimum absolute atomic E-state index is 0.622. The third-order valence-corrected chi connectivity index (χ3v) is 3.76. The van der Waals surface area contributed by atoms with Gasteiger partial charge >= 0.3 is 0 Å². The van der Waals surface area contributed by atoms with Gasteiger partial charge in [-0.25, -0.2) is 4.68 Å². The lowest BCUT2D eigenvalue weighted by Crippen LogP contribution is -2.33. The summed E-state index contributed by atoms with van der Waals surface area (Å²) < 4.78 is 1.72. The molecular formula is C9H17N5S. The van der Waals surface area contributed by atoms with Crippen molar-refractivity contribution in [1.29, 1.82) is 0 Å². The molecule has 1 aromatic heterocycles. The number of tetrazole rings is 1. The van der Waals surface area contributed by atoms with E-state index in [1.807, 2.05) is 7.05 Å². The zero-order valence-corrected chi connectivity index (χ0v) is 10.00.